The maximum atomic E-state index is 12.6. The van der Waals surface area contributed by atoms with Crippen LogP contribution >= 0.6 is 22.9 Å². The molecule has 1 amide bonds. The van der Waals surface area contributed by atoms with Gasteiger partial charge in [-0.25, -0.2) is 8.42 Å². The van der Waals surface area contributed by atoms with E-state index < -0.39 is 10.0 Å². The van der Waals surface area contributed by atoms with Crippen LogP contribution in [0, 0.1) is 0 Å². The molecule has 1 aromatic rings. The lowest BCUT2D eigenvalue weighted by Crippen LogP contribution is -2.46. The first-order chi connectivity index (χ1) is 11.1. The van der Waals surface area contributed by atoms with Crippen LogP contribution in [0.15, 0.2) is 16.3 Å². The van der Waals surface area contributed by atoms with Gasteiger partial charge in [-0.2, -0.15) is 4.31 Å². The van der Waals surface area contributed by atoms with E-state index in [0.29, 0.717) is 36.9 Å². The standard InChI is InChI=1S/C15H24ClN3O3S2/c1-15(2,3)17-13(20)11-18-7-4-8-19(10-9-18)24(21,22)14-6-5-12(16)23-14/h5-6H,4,7-11H2,1-3H3,(H,17,20). The maximum Gasteiger partial charge on any atom is 0.252 e. The summed E-state index contributed by atoms with van der Waals surface area (Å²) in [6.45, 7) is 8.17. The summed E-state index contributed by atoms with van der Waals surface area (Å²) >= 11 is 6.92. The fraction of sp³-hybridized carbons (Fsp3) is 0.667. The normalized spacial score (nSPS) is 18.3. The number of sulfonamides is 1. The number of thiophene rings is 1. The summed E-state index contributed by atoms with van der Waals surface area (Å²) in [6.07, 6.45) is 0.696. The number of amides is 1. The van der Waals surface area contributed by atoms with Gasteiger partial charge in [-0.15, -0.1) is 11.3 Å². The lowest BCUT2D eigenvalue weighted by atomic mass is 10.1. The van der Waals surface area contributed by atoms with Crippen molar-refractivity contribution >= 4 is 38.9 Å². The zero-order valence-electron chi connectivity index (χ0n) is 14.2. The fourth-order valence-electron chi connectivity index (χ4n) is 2.57. The van der Waals surface area contributed by atoms with Gasteiger partial charge < -0.3 is 5.32 Å². The number of nitrogens with one attached hydrogen (secondary N) is 1. The molecule has 0 radical (unpaired) electrons. The molecule has 1 aliphatic rings. The maximum absolute atomic E-state index is 12.6. The Kier molecular flexibility index (Phi) is 6.30. The van der Waals surface area contributed by atoms with Crippen molar-refractivity contribution in [2.45, 2.75) is 36.9 Å². The van der Waals surface area contributed by atoms with E-state index >= 15 is 0 Å². The number of hydrogen-bond acceptors (Lipinski definition) is 5. The van der Waals surface area contributed by atoms with Gasteiger partial charge in [-0.05, 0) is 45.9 Å². The molecule has 0 unspecified atom stereocenters. The summed E-state index contributed by atoms with van der Waals surface area (Å²) in [4.78, 5) is 14.0. The van der Waals surface area contributed by atoms with Crippen molar-refractivity contribution in [1.29, 1.82) is 0 Å². The van der Waals surface area contributed by atoms with E-state index in [1.165, 1.54) is 4.31 Å². The number of carbonyl (C=O) groups excluding carboxylic acids is 1. The lowest BCUT2D eigenvalue weighted by molar-refractivity contribution is -0.123. The Labute approximate surface area is 152 Å². The Morgan fingerprint density at radius 1 is 1.25 bits per heavy atom. The van der Waals surface area contributed by atoms with Crippen molar-refractivity contribution in [1.82, 2.24) is 14.5 Å². The molecule has 0 aromatic carbocycles. The third-order valence-corrected chi connectivity index (χ3v) is 7.17. The lowest BCUT2D eigenvalue weighted by Gasteiger charge is -2.24. The van der Waals surface area contributed by atoms with E-state index in [1.807, 2.05) is 25.7 Å². The molecular formula is C15H24ClN3O3S2. The summed E-state index contributed by atoms with van der Waals surface area (Å²) in [7, 11) is -3.51. The van der Waals surface area contributed by atoms with Crippen molar-refractivity contribution in [3.8, 4) is 0 Å². The highest BCUT2D eigenvalue weighted by Crippen LogP contribution is 2.28. The smallest absolute Gasteiger partial charge is 0.252 e. The van der Waals surface area contributed by atoms with Crippen LogP contribution in [0.1, 0.15) is 27.2 Å². The van der Waals surface area contributed by atoms with E-state index in [9.17, 15) is 13.2 Å². The molecule has 24 heavy (non-hydrogen) atoms. The minimum absolute atomic E-state index is 0.0381. The topological polar surface area (TPSA) is 69.7 Å². The molecule has 2 heterocycles. The number of nitrogens with zero attached hydrogens (tertiary/aromatic N) is 2. The predicted octanol–water partition coefficient (Wildman–Crippen LogP) is 2.01. The Hall–Kier alpha value is -0.670. The Balaban J connectivity index is 1.96. The zero-order valence-corrected chi connectivity index (χ0v) is 16.6. The quantitative estimate of drug-likeness (QED) is 0.849. The minimum Gasteiger partial charge on any atom is -0.350 e. The first-order valence-electron chi connectivity index (χ1n) is 7.87. The Morgan fingerprint density at radius 2 is 1.96 bits per heavy atom. The van der Waals surface area contributed by atoms with Crippen molar-refractivity contribution < 1.29 is 13.2 Å². The average molecular weight is 394 g/mol. The van der Waals surface area contributed by atoms with Gasteiger partial charge in [0.15, 0.2) is 0 Å². The molecule has 0 saturated carbocycles. The summed E-state index contributed by atoms with van der Waals surface area (Å²) in [5.41, 5.74) is -0.267. The molecule has 0 spiro atoms. The molecule has 0 aliphatic carbocycles. The number of hydrogen-bond donors (Lipinski definition) is 1. The van der Waals surface area contributed by atoms with Gasteiger partial charge in [-0.3, -0.25) is 9.69 Å². The zero-order chi connectivity index (χ0) is 18.0. The van der Waals surface area contributed by atoms with Crippen molar-refractivity contribution in [3.05, 3.63) is 16.5 Å². The highest BCUT2D eigenvalue weighted by Gasteiger charge is 2.28. The van der Waals surface area contributed by atoms with Gasteiger partial charge in [0.1, 0.15) is 4.21 Å². The van der Waals surface area contributed by atoms with Crippen LogP contribution in [-0.4, -0.2) is 61.8 Å². The molecule has 9 heteroatoms. The SMILES string of the molecule is CC(C)(C)NC(=O)CN1CCCN(S(=O)(=O)c2ccc(Cl)s2)CC1. The molecule has 0 atom stereocenters. The van der Waals surface area contributed by atoms with Gasteiger partial charge in [0.2, 0.25) is 5.91 Å². The van der Waals surface area contributed by atoms with Crippen LogP contribution in [0.5, 0.6) is 0 Å². The van der Waals surface area contributed by atoms with Crippen molar-refractivity contribution in [2.75, 3.05) is 32.7 Å². The van der Waals surface area contributed by atoms with Gasteiger partial charge in [0.05, 0.1) is 10.9 Å². The molecule has 6 nitrogen and oxygen atoms in total. The van der Waals surface area contributed by atoms with Crippen LogP contribution in [-0.2, 0) is 14.8 Å². The third-order valence-electron chi connectivity index (χ3n) is 3.57. The summed E-state index contributed by atoms with van der Waals surface area (Å²) in [5, 5.41) is 2.93. The number of carbonyl (C=O) groups is 1. The van der Waals surface area contributed by atoms with E-state index in [4.69, 9.17) is 11.6 Å². The monoisotopic (exact) mass is 393 g/mol. The molecule has 1 fully saturated rings. The molecule has 0 bridgehead atoms. The summed E-state index contributed by atoms with van der Waals surface area (Å²) < 4.78 is 27.5. The highest BCUT2D eigenvalue weighted by molar-refractivity contribution is 7.91. The van der Waals surface area contributed by atoms with Gasteiger partial charge in [-0.1, -0.05) is 11.6 Å². The largest absolute Gasteiger partial charge is 0.350 e. The van der Waals surface area contributed by atoms with Crippen LogP contribution in [0.2, 0.25) is 4.34 Å². The van der Waals surface area contributed by atoms with Crippen molar-refractivity contribution in [2.24, 2.45) is 0 Å². The second-order valence-electron chi connectivity index (χ2n) is 6.89. The van der Waals surface area contributed by atoms with Crippen LogP contribution in [0.3, 0.4) is 0 Å². The van der Waals surface area contributed by atoms with Gasteiger partial charge in [0, 0.05) is 25.2 Å². The van der Waals surface area contributed by atoms with E-state index in [2.05, 4.69) is 5.32 Å². The molecule has 1 N–H and O–H groups in total. The molecule has 1 aromatic heterocycles. The van der Waals surface area contributed by atoms with Crippen molar-refractivity contribution in [3.63, 3.8) is 0 Å². The molecule has 1 aliphatic heterocycles. The highest BCUT2D eigenvalue weighted by atomic mass is 35.5. The average Bonchev–Trinajstić information content (AvgIpc) is 2.73. The summed E-state index contributed by atoms with van der Waals surface area (Å²) in [5.74, 6) is -0.0381. The molecule has 2 rings (SSSR count). The third kappa shape index (κ3) is 5.42. The van der Waals surface area contributed by atoms with E-state index in [0.717, 1.165) is 11.3 Å². The van der Waals surface area contributed by atoms with Gasteiger partial charge in [0.25, 0.3) is 10.0 Å². The first kappa shape index (κ1) is 19.7. The fourth-order valence-corrected chi connectivity index (χ4v) is 5.68. The van der Waals surface area contributed by atoms with E-state index in [-0.39, 0.29) is 22.2 Å². The van der Waals surface area contributed by atoms with Gasteiger partial charge >= 0.3 is 0 Å². The van der Waals surface area contributed by atoms with E-state index in [1.54, 1.807) is 12.1 Å². The molecule has 136 valence electrons. The Morgan fingerprint density at radius 3 is 2.54 bits per heavy atom. The minimum atomic E-state index is -3.51. The van der Waals surface area contributed by atoms with Crippen LogP contribution in [0.4, 0.5) is 0 Å². The predicted molar refractivity (Wildman–Crippen MR) is 97.0 cm³/mol. The summed E-state index contributed by atoms with van der Waals surface area (Å²) in [6, 6.07) is 3.14. The first-order valence-corrected chi connectivity index (χ1v) is 10.5. The Bertz CT molecular complexity index is 682. The molecule has 1 saturated heterocycles. The second-order valence-corrected chi connectivity index (χ2v) is 10.8. The number of halogens is 1. The van der Waals surface area contributed by atoms with Crippen LogP contribution in [0.25, 0.3) is 0 Å². The second kappa shape index (κ2) is 7.70. The van der Waals surface area contributed by atoms with Crippen LogP contribution < -0.4 is 5.32 Å². The number of rotatable bonds is 4. The molecular weight excluding hydrogens is 370 g/mol.